The van der Waals surface area contributed by atoms with Crippen LogP contribution in [0.2, 0.25) is 0 Å². The number of carbonyl (C=O) groups is 1. The largest absolute Gasteiger partial charge is 0.463 e. The van der Waals surface area contributed by atoms with Crippen molar-refractivity contribution < 1.29 is 19.6 Å². The molecule has 0 aromatic carbocycles. The van der Waals surface area contributed by atoms with E-state index >= 15 is 0 Å². The van der Waals surface area contributed by atoms with Crippen molar-refractivity contribution in [1.82, 2.24) is 0 Å². The fourth-order valence-electron chi connectivity index (χ4n) is 1.02. The second-order valence-electron chi connectivity index (χ2n) is 4.09. The molecule has 0 radical (unpaired) electrons. The highest BCUT2D eigenvalue weighted by atomic mass is 16.6. The van der Waals surface area contributed by atoms with Gasteiger partial charge >= 0.3 is 5.97 Å². The Labute approximate surface area is 94.1 Å². The van der Waals surface area contributed by atoms with E-state index in [4.69, 9.17) is 4.74 Å². The topological polar surface area (TPSA) is 89.7 Å². The zero-order valence-electron chi connectivity index (χ0n) is 9.89. The van der Waals surface area contributed by atoms with Crippen LogP contribution in [0, 0.1) is 10.1 Å². The molecule has 0 bridgehead atoms. The Hall–Kier alpha value is -1.43. The van der Waals surface area contributed by atoms with Crippen LogP contribution in [-0.4, -0.2) is 27.7 Å². The molecule has 6 nitrogen and oxygen atoms in total. The maximum absolute atomic E-state index is 11.3. The van der Waals surface area contributed by atoms with Gasteiger partial charge < -0.3 is 9.84 Å². The smallest absolute Gasteiger partial charge is 0.309 e. The number of nitrogens with zero attached hydrogens (tertiary/aromatic N) is 1. The number of aliphatic hydroxyl groups is 1. The molecular weight excluding hydrogens is 214 g/mol. The first-order valence-electron chi connectivity index (χ1n) is 4.89. The van der Waals surface area contributed by atoms with Gasteiger partial charge in [-0.1, -0.05) is 0 Å². The summed E-state index contributed by atoms with van der Waals surface area (Å²) in [7, 11) is 0. The molecule has 0 saturated carbocycles. The van der Waals surface area contributed by atoms with Gasteiger partial charge in [0, 0.05) is 5.57 Å². The first-order chi connectivity index (χ1) is 7.15. The zero-order valence-corrected chi connectivity index (χ0v) is 9.89. The Bertz CT molecular complexity index is 306. The van der Waals surface area contributed by atoms with Crippen LogP contribution in [0.1, 0.15) is 34.1 Å². The van der Waals surface area contributed by atoms with Crippen LogP contribution < -0.4 is 0 Å². The molecule has 92 valence electrons. The third-order valence-electron chi connectivity index (χ3n) is 2.00. The SMILES string of the molecule is C/C(=C\[N+](=O)[O-])C(C)(O)CC(=O)OC(C)C. The van der Waals surface area contributed by atoms with Crippen molar-refractivity contribution >= 4 is 5.97 Å². The van der Waals surface area contributed by atoms with Gasteiger partial charge in [0.15, 0.2) is 0 Å². The number of nitro groups is 1. The molecule has 0 fully saturated rings. The van der Waals surface area contributed by atoms with Crippen LogP contribution in [0.25, 0.3) is 0 Å². The summed E-state index contributed by atoms with van der Waals surface area (Å²) < 4.78 is 4.85. The van der Waals surface area contributed by atoms with Gasteiger partial charge in [-0.25, -0.2) is 0 Å². The number of rotatable bonds is 5. The van der Waals surface area contributed by atoms with Crippen LogP contribution in [0.5, 0.6) is 0 Å². The molecule has 0 amide bonds. The van der Waals surface area contributed by atoms with Gasteiger partial charge in [-0.3, -0.25) is 14.9 Å². The minimum absolute atomic E-state index is 0.109. The summed E-state index contributed by atoms with van der Waals surface area (Å²) in [6.07, 6.45) is 0.104. The van der Waals surface area contributed by atoms with E-state index < -0.39 is 16.5 Å². The molecule has 0 saturated heterocycles. The molecule has 1 atom stereocenters. The van der Waals surface area contributed by atoms with Gasteiger partial charge in [0.25, 0.3) is 0 Å². The van der Waals surface area contributed by atoms with Gasteiger partial charge in [-0.2, -0.15) is 0 Å². The van der Waals surface area contributed by atoms with Crippen LogP contribution in [-0.2, 0) is 9.53 Å². The van der Waals surface area contributed by atoms with E-state index in [-0.39, 0.29) is 18.1 Å². The zero-order chi connectivity index (χ0) is 12.9. The molecule has 0 heterocycles. The number of carbonyl (C=O) groups excluding carboxylic acids is 1. The standard InChI is InChI=1S/C10H17NO5/c1-7(2)16-9(12)5-10(4,13)8(3)6-11(14)15/h6-7,13H,5H2,1-4H3/b8-6+. The number of hydrogen-bond acceptors (Lipinski definition) is 5. The molecule has 0 rings (SSSR count). The molecular formula is C10H17NO5. The van der Waals surface area contributed by atoms with Crippen molar-refractivity contribution in [3.05, 3.63) is 21.9 Å². The van der Waals surface area contributed by atoms with Crippen molar-refractivity contribution in [3.63, 3.8) is 0 Å². The molecule has 16 heavy (non-hydrogen) atoms. The van der Waals surface area contributed by atoms with E-state index in [1.165, 1.54) is 13.8 Å². The second kappa shape index (κ2) is 5.60. The molecule has 6 heteroatoms. The number of esters is 1. The van der Waals surface area contributed by atoms with E-state index in [9.17, 15) is 20.0 Å². The third-order valence-corrected chi connectivity index (χ3v) is 2.00. The quantitative estimate of drug-likeness (QED) is 0.437. The van der Waals surface area contributed by atoms with Crippen molar-refractivity contribution in [3.8, 4) is 0 Å². The molecule has 0 aromatic heterocycles. The lowest BCUT2D eigenvalue weighted by atomic mass is 9.94. The van der Waals surface area contributed by atoms with Gasteiger partial charge in [-0.15, -0.1) is 0 Å². The Balaban J connectivity index is 4.56. The van der Waals surface area contributed by atoms with E-state index in [1.807, 2.05) is 0 Å². The highest BCUT2D eigenvalue weighted by Gasteiger charge is 2.29. The highest BCUT2D eigenvalue weighted by molar-refractivity contribution is 5.71. The minimum Gasteiger partial charge on any atom is -0.463 e. The molecule has 0 aliphatic rings. The monoisotopic (exact) mass is 231 g/mol. The molecule has 0 aromatic rings. The predicted octanol–water partition coefficient (Wildman–Crippen LogP) is 1.26. The van der Waals surface area contributed by atoms with Crippen LogP contribution in [0.4, 0.5) is 0 Å². The van der Waals surface area contributed by atoms with Crippen molar-refractivity contribution in [1.29, 1.82) is 0 Å². The lowest BCUT2D eigenvalue weighted by Gasteiger charge is -2.22. The normalized spacial score (nSPS) is 15.8. The van der Waals surface area contributed by atoms with Gasteiger partial charge in [-0.05, 0) is 27.7 Å². The van der Waals surface area contributed by atoms with Crippen molar-refractivity contribution in [2.24, 2.45) is 0 Å². The minimum atomic E-state index is -1.56. The average Bonchev–Trinajstić information content (AvgIpc) is 1.98. The second-order valence-corrected chi connectivity index (χ2v) is 4.09. The average molecular weight is 231 g/mol. The van der Waals surface area contributed by atoms with Crippen molar-refractivity contribution in [2.75, 3.05) is 0 Å². The third kappa shape index (κ3) is 5.45. The Kier molecular flexibility index (Phi) is 5.10. The summed E-state index contributed by atoms with van der Waals surface area (Å²) in [5, 5.41) is 20.1. The van der Waals surface area contributed by atoms with E-state index in [0.717, 1.165) is 0 Å². The maximum Gasteiger partial charge on any atom is 0.309 e. The Morgan fingerprint density at radius 2 is 2.12 bits per heavy atom. The van der Waals surface area contributed by atoms with Crippen LogP contribution >= 0.6 is 0 Å². The summed E-state index contributed by atoms with van der Waals surface area (Å²) in [4.78, 5) is 20.8. The van der Waals surface area contributed by atoms with Gasteiger partial charge in [0.05, 0.1) is 23.0 Å². The molecule has 0 aliphatic carbocycles. The lowest BCUT2D eigenvalue weighted by Crippen LogP contribution is -2.31. The van der Waals surface area contributed by atoms with Crippen molar-refractivity contribution in [2.45, 2.75) is 45.8 Å². The van der Waals surface area contributed by atoms with Crippen LogP contribution in [0.3, 0.4) is 0 Å². The van der Waals surface area contributed by atoms with Gasteiger partial charge in [0.2, 0.25) is 6.20 Å². The number of hydrogen-bond donors (Lipinski definition) is 1. The van der Waals surface area contributed by atoms with Crippen LogP contribution in [0.15, 0.2) is 11.8 Å². The first-order valence-corrected chi connectivity index (χ1v) is 4.89. The Morgan fingerprint density at radius 3 is 2.50 bits per heavy atom. The number of ether oxygens (including phenoxy) is 1. The molecule has 1 N–H and O–H groups in total. The summed E-state index contributed by atoms with van der Waals surface area (Å²) in [5.41, 5.74) is -1.45. The highest BCUT2D eigenvalue weighted by Crippen LogP contribution is 2.20. The van der Waals surface area contributed by atoms with Gasteiger partial charge in [0.1, 0.15) is 0 Å². The van der Waals surface area contributed by atoms with E-state index in [2.05, 4.69) is 0 Å². The molecule has 0 aliphatic heterocycles. The maximum atomic E-state index is 11.3. The summed E-state index contributed by atoms with van der Waals surface area (Å²) in [5.74, 6) is -0.587. The summed E-state index contributed by atoms with van der Waals surface area (Å²) in [6, 6.07) is 0. The lowest BCUT2D eigenvalue weighted by molar-refractivity contribution is -0.404. The fraction of sp³-hybridized carbons (Fsp3) is 0.700. The first kappa shape index (κ1) is 14.6. The Morgan fingerprint density at radius 1 is 1.62 bits per heavy atom. The van der Waals surface area contributed by atoms with E-state index in [1.54, 1.807) is 13.8 Å². The van der Waals surface area contributed by atoms with E-state index in [0.29, 0.717) is 6.20 Å². The summed E-state index contributed by atoms with van der Waals surface area (Å²) in [6.45, 7) is 6.11. The summed E-state index contributed by atoms with van der Waals surface area (Å²) >= 11 is 0. The fourth-order valence-corrected chi connectivity index (χ4v) is 1.02. The molecule has 0 spiro atoms. The predicted molar refractivity (Wildman–Crippen MR) is 57.2 cm³/mol. The molecule has 1 unspecified atom stereocenters.